The molecule has 5 rings (SSSR count). The minimum atomic E-state index is -4.46. The van der Waals surface area contributed by atoms with Gasteiger partial charge in [-0.25, -0.2) is 9.37 Å². The lowest BCUT2D eigenvalue weighted by Crippen LogP contribution is -2.26. The van der Waals surface area contributed by atoms with Crippen LogP contribution in [0.3, 0.4) is 0 Å². The molecule has 1 aromatic carbocycles. The lowest BCUT2D eigenvalue weighted by atomic mass is 9.80. The van der Waals surface area contributed by atoms with Crippen LogP contribution in [0.2, 0.25) is 5.02 Å². The van der Waals surface area contributed by atoms with Crippen LogP contribution in [0, 0.1) is 5.82 Å². The highest BCUT2D eigenvalue weighted by Crippen LogP contribution is 2.54. The predicted octanol–water partition coefficient (Wildman–Crippen LogP) is 5.13. The van der Waals surface area contributed by atoms with Gasteiger partial charge in [0.05, 0.1) is 28.4 Å². The lowest BCUT2D eigenvalue weighted by molar-refractivity contribution is -0.137. The smallest absolute Gasteiger partial charge is 0.398 e. The predicted molar refractivity (Wildman–Crippen MR) is 127 cm³/mol. The van der Waals surface area contributed by atoms with Gasteiger partial charge in [0, 0.05) is 60.8 Å². The molecule has 7 nitrogen and oxygen atoms in total. The van der Waals surface area contributed by atoms with Gasteiger partial charge in [-0.2, -0.15) is 18.3 Å². The highest BCUT2D eigenvalue weighted by atomic mass is 35.5. The van der Waals surface area contributed by atoms with Crippen molar-refractivity contribution in [2.24, 2.45) is 0 Å². The Labute approximate surface area is 209 Å². The van der Waals surface area contributed by atoms with Crippen molar-refractivity contribution in [3.8, 4) is 11.1 Å². The molecule has 12 heteroatoms. The number of hydrogen-bond acceptors (Lipinski definition) is 5. The van der Waals surface area contributed by atoms with Crippen molar-refractivity contribution in [1.82, 2.24) is 19.7 Å². The maximum absolute atomic E-state index is 15.6. The number of nitrogens with two attached hydrogens (primary N) is 1. The molecule has 3 N–H and O–H groups in total. The van der Waals surface area contributed by atoms with Crippen LogP contribution in [0.15, 0.2) is 30.7 Å². The first-order chi connectivity index (χ1) is 16.9. The second-order valence-electron chi connectivity index (χ2n) is 9.54. The Morgan fingerprint density at radius 1 is 1.28 bits per heavy atom. The number of alkyl halides is 3. The molecule has 0 radical (unpaired) electrons. The van der Waals surface area contributed by atoms with Gasteiger partial charge in [-0.1, -0.05) is 11.6 Å². The second-order valence-corrected chi connectivity index (χ2v) is 9.92. The number of amides is 1. The van der Waals surface area contributed by atoms with Gasteiger partial charge in [0.15, 0.2) is 0 Å². The molecule has 1 saturated carbocycles. The molecule has 2 atom stereocenters. The fourth-order valence-electron chi connectivity index (χ4n) is 5.27. The molecule has 36 heavy (non-hydrogen) atoms. The molecule has 1 aliphatic heterocycles. The number of hydrogen-bond donors (Lipinski definition) is 2. The van der Waals surface area contributed by atoms with Crippen LogP contribution in [0.25, 0.3) is 11.1 Å². The van der Waals surface area contributed by atoms with Crippen molar-refractivity contribution < 1.29 is 22.4 Å². The van der Waals surface area contributed by atoms with E-state index < -0.39 is 28.9 Å². The lowest BCUT2D eigenvalue weighted by Gasteiger charge is -2.25. The summed E-state index contributed by atoms with van der Waals surface area (Å²) in [5.41, 5.74) is 5.47. The fraction of sp³-hybridized carbons (Fsp3) is 0.375. The monoisotopic (exact) mass is 522 g/mol. The minimum absolute atomic E-state index is 0.00871. The molecule has 0 unspecified atom stereocenters. The van der Waals surface area contributed by atoms with Gasteiger partial charge in [0.1, 0.15) is 11.6 Å². The Kier molecular flexibility index (Phi) is 5.66. The number of aromatic nitrogens is 3. The first-order valence-corrected chi connectivity index (χ1v) is 11.6. The van der Waals surface area contributed by atoms with Crippen molar-refractivity contribution in [1.29, 1.82) is 0 Å². The largest absolute Gasteiger partial charge is 0.419 e. The summed E-state index contributed by atoms with van der Waals surface area (Å²) in [7, 11) is 3.00. The Hall–Kier alpha value is -3.34. The van der Waals surface area contributed by atoms with E-state index in [1.54, 1.807) is 0 Å². The van der Waals surface area contributed by atoms with E-state index in [1.165, 1.54) is 42.0 Å². The maximum Gasteiger partial charge on any atom is 0.419 e. The number of pyridine rings is 1. The number of anilines is 2. The van der Waals surface area contributed by atoms with E-state index >= 15 is 4.39 Å². The summed E-state index contributed by atoms with van der Waals surface area (Å²) in [4.78, 5) is 18.2. The first kappa shape index (κ1) is 24.4. The van der Waals surface area contributed by atoms with Crippen LogP contribution in [0.4, 0.5) is 29.1 Å². The van der Waals surface area contributed by atoms with E-state index in [2.05, 4.69) is 15.4 Å². The quantitative estimate of drug-likeness (QED) is 0.368. The maximum atomic E-state index is 15.6. The summed E-state index contributed by atoms with van der Waals surface area (Å²) in [6.45, 7) is 0.497. The SMILES string of the molecule is CN(C)C(=O)c1c(N)ccc(-c2cnc3c(c2Cl)[C@@]2(CC[C@@H](n4cc(C(F)(F)F)cn4)C2)CN3)c1F. The van der Waals surface area contributed by atoms with Gasteiger partial charge in [-0.15, -0.1) is 0 Å². The topological polar surface area (TPSA) is 89.1 Å². The Morgan fingerprint density at radius 2 is 2.03 bits per heavy atom. The van der Waals surface area contributed by atoms with Crippen LogP contribution < -0.4 is 11.1 Å². The van der Waals surface area contributed by atoms with Crippen molar-refractivity contribution in [3.63, 3.8) is 0 Å². The van der Waals surface area contributed by atoms with Crippen LogP contribution in [0.1, 0.15) is 46.8 Å². The summed E-state index contributed by atoms with van der Waals surface area (Å²) in [6.07, 6.45) is 0.558. The molecule has 1 spiro atoms. The van der Waals surface area contributed by atoms with E-state index in [0.717, 1.165) is 12.4 Å². The molecule has 2 aromatic heterocycles. The van der Waals surface area contributed by atoms with Crippen LogP contribution in [-0.4, -0.2) is 46.2 Å². The van der Waals surface area contributed by atoms with Gasteiger partial charge in [-0.05, 0) is 31.4 Å². The average Bonchev–Trinajstić information content (AvgIpc) is 3.54. The number of fused-ring (bicyclic) bond motifs is 2. The average molecular weight is 523 g/mol. The third kappa shape index (κ3) is 3.76. The van der Waals surface area contributed by atoms with E-state index in [4.69, 9.17) is 17.3 Å². The number of nitrogens with one attached hydrogen (secondary N) is 1. The zero-order valence-corrected chi connectivity index (χ0v) is 20.2. The third-order valence-corrected chi connectivity index (χ3v) is 7.50. The molecule has 190 valence electrons. The molecular formula is C24H23ClF4N6O. The molecule has 1 fully saturated rings. The molecule has 3 aromatic rings. The summed E-state index contributed by atoms with van der Waals surface area (Å²) in [5, 5.41) is 7.48. The number of rotatable bonds is 3. The molecule has 2 aliphatic rings. The standard InChI is InChI=1S/C24H23ClF4N6O/c1-34(2)22(36)17-16(30)4-3-14(20(17)26)15-9-31-21-18(19(15)25)23(11-32-21)6-5-13(7-23)35-10-12(8-33-35)24(27,28)29/h3-4,8-10,13H,5-7,11,30H2,1-2H3,(H,31,32)/t13-,23-/m1/s1. The van der Waals surface area contributed by atoms with Crippen molar-refractivity contribution in [2.45, 2.75) is 36.9 Å². The van der Waals surface area contributed by atoms with Crippen LogP contribution >= 0.6 is 11.6 Å². The molecule has 0 saturated heterocycles. The van der Waals surface area contributed by atoms with Gasteiger partial charge in [0.25, 0.3) is 5.91 Å². The van der Waals surface area contributed by atoms with Gasteiger partial charge < -0.3 is 16.0 Å². The Bertz CT molecular complexity index is 1370. The fourth-order valence-corrected chi connectivity index (χ4v) is 5.71. The van der Waals surface area contributed by atoms with Crippen LogP contribution in [0.5, 0.6) is 0 Å². The molecule has 1 amide bonds. The van der Waals surface area contributed by atoms with Crippen LogP contribution in [-0.2, 0) is 11.6 Å². The van der Waals surface area contributed by atoms with Gasteiger partial charge in [0.2, 0.25) is 0 Å². The zero-order chi connectivity index (χ0) is 26.0. The number of halogens is 5. The third-order valence-electron chi connectivity index (χ3n) is 7.11. The number of carbonyl (C=O) groups is 1. The van der Waals surface area contributed by atoms with Crippen molar-refractivity contribution in [3.05, 3.63) is 58.3 Å². The zero-order valence-electron chi connectivity index (χ0n) is 19.5. The van der Waals surface area contributed by atoms with Gasteiger partial charge in [-0.3, -0.25) is 9.48 Å². The molecule has 3 heterocycles. The first-order valence-electron chi connectivity index (χ1n) is 11.3. The highest BCUT2D eigenvalue weighted by Gasteiger charge is 2.48. The Morgan fingerprint density at radius 3 is 2.69 bits per heavy atom. The van der Waals surface area contributed by atoms with Crippen molar-refractivity contribution in [2.75, 3.05) is 31.7 Å². The van der Waals surface area contributed by atoms with E-state index in [0.29, 0.717) is 42.8 Å². The Balaban J connectivity index is 1.54. The molecule has 1 aliphatic carbocycles. The van der Waals surface area contributed by atoms with Crippen molar-refractivity contribution >= 4 is 29.0 Å². The number of carbonyl (C=O) groups excluding carboxylic acids is 1. The normalized spacial score (nSPS) is 21.0. The molecule has 0 bridgehead atoms. The summed E-state index contributed by atoms with van der Waals surface area (Å²) >= 11 is 6.88. The summed E-state index contributed by atoms with van der Waals surface area (Å²) in [6, 6.07) is 2.65. The summed E-state index contributed by atoms with van der Waals surface area (Å²) < 4.78 is 56.1. The number of benzene rings is 1. The molecular weight excluding hydrogens is 500 g/mol. The second kappa shape index (κ2) is 8.36. The summed E-state index contributed by atoms with van der Waals surface area (Å²) in [5.74, 6) is -0.814. The van der Waals surface area contributed by atoms with E-state index in [9.17, 15) is 18.0 Å². The van der Waals surface area contributed by atoms with E-state index in [-0.39, 0.29) is 27.9 Å². The van der Waals surface area contributed by atoms with E-state index in [1.807, 2.05) is 0 Å². The number of nitrogens with zero attached hydrogens (tertiary/aromatic N) is 4. The van der Waals surface area contributed by atoms with Gasteiger partial charge >= 0.3 is 6.18 Å². The highest BCUT2D eigenvalue weighted by molar-refractivity contribution is 6.34. The minimum Gasteiger partial charge on any atom is -0.398 e. The number of nitrogen functional groups attached to an aromatic ring is 1.